The summed E-state index contributed by atoms with van der Waals surface area (Å²) in [4.78, 5) is 10.9. The van der Waals surface area contributed by atoms with Gasteiger partial charge in [0.15, 0.2) is 0 Å². The Morgan fingerprint density at radius 3 is 2.54 bits per heavy atom. The van der Waals surface area contributed by atoms with Gasteiger partial charge in [-0.15, -0.1) is 0 Å². The van der Waals surface area contributed by atoms with Gasteiger partial charge in [-0.05, 0) is 12.8 Å². The zero-order valence-corrected chi connectivity index (χ0v) is 8.22. The first-order valence-corrected chi connectivity index (χ1v) is 5.23. The van der Waals surface area contributed by atoms with E-state index in [0.717, 1.165) is 12.8 Å². The zero-order valence-electron chi connectivity index (χ0n) is 7.46. The van der Waals surface area contributed by atoms with Gasteiger partial charge in [-0.1, -0.05) is 30.9 Å². The van der Waals surface area contributed by atoms with Crippen LogP contribution in [0.15, 0.2) is 11.1 Å². The van der Waals surface area contributed by atoms with Crippen LogP contribution in [0.5, 0.6) is 0 Å². The van der Waals surface area contributed by atoms with Crippen LogP contribution >= 0.6 is 11.6 Å². The van der Waals surface area contributed by atoms with Crippen molar-refractivity contribution in [3.05, 3.63) is 11.1 Å². The van der Waals surface area contributed by atoms with E-state index in [1.54, 1.807) is 0 Å². The van der Waals surface area contributed by atoms with E-state index in [-0.39, 0.29) is 12.1 Å². The fourth-order valence-corrected chi connectivity index (χ4v) is 2.48. The van der Waals surface area contributed by atoms with Crippen LogP contribution in [-0.2, 0) is 9.53 Å². The Balaban J connectivity index is 2.00. The lowest BCUT2D eigenvalue weighted by Gasteiger charge is -2.26. The second-order valence-electron chi connectivity index (χ2n) is 3.78. The molecule has 0 aromatic heterocycles. The molecule has 1 saturated carbocycles. The monoisotopic (exact) mass is 200 g/mol. The maximum absolute atomic E-state index is 10.9. The number of hydrogen-bond acceptors (Lipinski definition) is 2. The van der Waals surface area contributed by atoms with Crippen LogP contribution in [0.3, 0.4) is 0 Å². The smallest absolute Gasteiger partial charge is 0.332 e. The molecule has 72 valence electrons. The first-order valence-electron chi connectivity index (χ1n) is 4.85. The highest BCUT2D eigenvalue weighted by Gasteiger charge is 2.33. The lowest BCUT2D eigenvalue weighted by atomic mass is 9.85. The molecule has 0 saturated heterocycles. The van der Waals surface area contributed by atoms with E-state index >= 15 is 0 Å². The topological polar surface area (TPSA) is 26.3 Å². The molecule has 0 radical (unpaired) electrons. The Kier molecular flexibility index (Phi) is 2.58. The Hall–Kier alpha value is -0.500. The SMILES string of the molecule is O=C1C=C(Cl)C(C2CCCCC2)O1. The minimum atomic E-state index is -0.277. The summed E-state index contributed by atoms with van der Waals surface area (Å²) < 4.78 is 5.15. The molecule has 0 aromatic carbocycles. The predicted molar refractivity (Wildman–Crippen MR) is 50.4 cm³/mol. The molecule has 1 aliphatic heterocycles. The van der Waals surface area contributed by atoms with Gasteiger partial charge >= 0.3 is 5.97 Å². The molecule has 1 fully saturated rings. The number of esters is 1. The third kappa shape index (κ3) is 1.88. The first-order chi connectivity index (χ1) is 6.27. The van der Waals surface area contributed by atoms with Gasteiger partial charge < -0.3 is 4.74 Å². The Morgan fingerprint density at radius 1 is 1.31 bits per heavy atom. The number of ether oxygens (including phenoxy) is 1. The van der Waals surface area contributed by atoms with Gasteiger partial charge in [0.1, 0.15) is 6.10 Å². The number of carbonyl (C=O) groups is 1. The van der Waals surface area contributed by atoms with E-state index in [4.69, 9.17) is 16.3 Å². The number of cyclic esters (lactones) is 1. The summed E-state index contributed by atoms with van der Waals surface area (Å²) in [6.07, 6.45) is 7.34. The average Bonchev–Trinajstić information content (AvgIpc) is 2.47. The predicted octanol–water partition coefficient (Wildman–Crippen LogP) is 2.61. The van der Waals surface area contributed by atoms with E-state index in [0.29, 0.717) is 11.0 Å². The fraction of sp³-hybridized carbons (Fsp3) is 0.700. The maximum atomic E-state index is 10.9. The summed E-state index contributed by atoms with van der Waals surface area (Å²) in [7, 11) is 0. The van der Waals surface area contributed by atoms with Crippen molar-refractivity contribution in [3.63, 3.8) is 0 Å². The molecule has 0 aromatic rings. The number of halogens is 1. The molecule has 0 amide bonds. The Morgan fingerprint density at radius 2 is 2.00 bits per heavy atom. The summed E-state index contributed by atoms with van der Waals surface area (Å²) >= 11 is 5.92. The average molecular weight is 201 g/mol. The highest BCUT2D eigenvalue weighted by Crippen LogP contribution is 2.34. The Bertz CT molecular complexity index is 241. The lowest BCUT2D eigenvalue weighted by Crippen LogP contribution is -2.24. The van der Waals surface area contributed by atoms with Crippen LogP contribution in [0.4, 0.5) is 0 Å². The van der Waals surface area contributed by atoms with Crippen LogP contribution in [0, 0.1) is 5.92 Å². The lowest BCUT2D eigenvalue weighted by molar-refractivity contribution is -0.141. The quantitative estimate of drug-likeness (QED) is 0.609. The summed E-state index contributed by atoms with van der Waals surface area (Å²) in [5, 5.41) is 0.594. The van der Waals surface area contributed by atoms with Crippen LogP contribution in [0.2, 0.25) is 0 Å². The van der Waals surface area contributed by atoms with E-state index in [9.17, 15) is 4.79 Å². The molecule has 3 heteroatoms. The van der Waals surface area contributed by atoms with Crippen molar-refractivity contribution in [1.29, 1.82) is 0 Å². The van der Waals surface area contributed by atoms with Crippen molar-refractivity contribution >= 4 is 17.6 Å². The molecule has 1 atom stereocenters. The van der Waals surface area contributed by atoms with Crippen molar-refractivity contribution in [1.82, 2.24) is 0 Å². The first kappa shape index (κ1) is 9.07. The normalized spacial score (nSPS) is 30.1. The van der Waals surface area contributed by atoms with Crippen molar-refractivity contribution < 1.29 is 9.53 Å². The Labute approximate surface area is 82.9 Å². The minimum Gasteiger partial charge on any atom is -0.453 e. The van der Waals surface area contributed by atoms with Crippen molar-refractivity contribution in [3.8, 4) is 0 Å². The van der Waals surface area contributed by atoms with Gasteiger partial charge in [0, 0.05) is 12.0 Å². The van der Waals surface area contributed by atoms with Gasteiger partial charge in [-0.2, -0.15) is 0 Å². The summed E-state index contributed by atoms with van der Waals surface area (Å²) in [5.41, 5.74) is 0. The summed E-state index contributed by atoms with van der Waals surface area (Å²) in [5.74, 6) is 0.185. The largest absolute Gasteiger partial charge is 0.453 e. The highest BCUT2D eigenvalue weighted by molar-refractivity contribution is 6.32. The molecule has 1 heterocycles. The fourth-order valence-electron chi connectivity index (χ4n) is 2.17. The van der Waals surface area contributed by atoms with Gasteiger partial charge in [0.25, 0.3) is 0 Å². The minimum absolute atomic E-state index is 0.130. The molecule has 1 aliphatic carbocycles. The second-order valence-corrected chi connectivity index (χ2v) is 4.22. The van der Waals surface area contributed by atoms with E-state index in [1.807, 2.05) is 0 Å². The van der Waals surface area contributed by atoms with Crippen molar-refractivity contribution in [2.24, 2.45) is 5.92 Å². The van der Waals surface area contributed by atoms with Crippen LogP contribution in [0.25, 0.3) is 0 Å². The summed E-state index contributed by atoms with van der Waals surface area (Å²) in [6.45, 7) is 0. The third-order valence-electron chi connectivity index (χ3n) is 2.85. The molecular formula is C10H13ClO2. The number of rotatable bonds is 1. The van der Waals surface area contributed by atoms with Gasteiger partial charge in [0.05, 0.1) is 5.03 Å². The highest BCUT2D eigenvalue weighted by atomic mass is 35.5. The third-order valence-corrected chi connectivity index (χ3v) is 3.17. The van der Waals surface area contributed by atoms with Crippen molar-refractivity contribution in [2.75, 3.05) is 0 Å². The van der Waals surface area contributed by atoms with Crippen LogP contribution in [-0.4, -0.2) is 12.1 Å². The van der Waals surface area contributed by atoms with Crippen LogP contribution < -0.4 is 0 Å². The molecule has 13 heavy (non-hydrogen) atoms. The molecule has 1 unspecified atom stereocenters. The van der Waals surface area contributed by atoms with Gasteiger partial charge in [-0.3, -0.25) is 0 Å². The maximum Gasteiger partial charge on any atom is 0.332 e. The number of hydrogen-bond donors (Lipinski definition) is 0. The molecule has 0 bridgehead atoms. The second kappa shape index (κ2) is 3.70. The van der Waals surface area contributed by atoms with E-state index in [2.05, 4.69) is 0 Å². The molecular weight excluding hydrogens is 188 g/mol. The van der Waals surface area contributed by atoms with Gasteiger partial charge in [-0.25, -0.2) is 4.79 Å². The summed E-state index contributed by atoms with van der Waals surface area (Å²) in [6, 6.07) is 0. The molecule has 2 rings (SSSR count). The van der Waals surface area contributed by atoms with E-state index < -0.39 is 0 Å². The standard InChI is InChI=1S/C10H13ClO2/c11-8-6-9(12)13-10(8)7-4-2-1-3-5-7/h6-7,10H,1-5H2. The van der Waals surface area contributed by atoms with Gasteiger partial charge in [0.2, 0.25) is 0 Å². The zero-order chi connectivity index (χ0) is 9.26. The molecule has 0 N–H and O–H groups in total. The molecule has 0 spiro atoms. The van der Waals surface area contributed by atoms with E-state index in [1.165, 1.54) is 25.3 Å². The van der Waals surface area contributed by atoms with Crippen molar-refractivity contribution in [2.45, 2.75) is 38.2 Å². The molecule has 2 aliphatic rings. The van der Waals surface area contributed by atoms with Crippen LogP contribution in [0.1, 0.15) is 32.1 Å². The number of carbonyl (C=O) groups excluding carboxylic acids is 1. The molecule has 2 nitrogen and oxygen atoms in total.